The Balaban J connectivity index is 2.18. The van der Waals surface area contributed by atoms with Gasteiger partial charge in [-0.1, -0.05) is 24.3 Å². The Morgan fingerprint density at radius 1 is 1.00 bits per heavy atom. The van der Waals surface area contributed by atoms with Crippen molar-refractivity contribution in [2.24, 2.45) is 7.05 Å². The van der Waals surface area contributed by atoms with E-state index in [0.29, 0.717) is 5.56 Å². The molecule has 0 aliphatic heterocycles. The number of aryl methyl sites for hydroxylation is 1. The Hall–Kier alpha value is -2.95. The van der Waals surface area contributed by atoms with Gasteiger partial charge in [0.05, 0.1) is 22.8 Å². The first kappa shape index (κ1) is 15.0. The smallest absolute Gasteiger partial charge is 0.305 e. The third-order valence-electron chi connectivity index (χ3n) is 3.92. The molecule has 0 bridgehead atoms. The lowest BCUT2D eigenvalue weighted by Gasteiger charge is -2.10. The molecule has 116 valence electrons. The summed E-state index contributed by atoms with van der Waals surface area (Å²) in [6.07, 6.45) is -0.0950. The molecule has 3 aromatic rings. The maximum atomic E-state index is 12.7. The number of aromatic nitrogens is 1. The van der Waals surface area contributed by atoms with E-state index in [9.17, 15) is 9.59 Å². The Labute approximate surface area is 133 Å². The summed E-state index contributed by atoms with van der Waals surface area (Å²) < 4.78 is 2.05. The molecule has 0 saturated carbocycles. The highest BCUT2D eigenvalue weighted by molar-refractivity contribution is 6.14. The minimum absolute atomic E-state index is 0.0950. The van der Waals surface area contributed by atoms with Crippen LogP contribution in [-0.4, -0.2) is 23.5 Å². The van der Waals surface area contributed by atoms with Crippen LogP contribution in [0.1, 0.15) is 16.8 Å². The second kappa shape index (κ2) is 6.04. The van der Waals surface area contributed by atoms with Crippen LogP contribution in [0.3, 0.4) is 0 Å². The summed E-state index contributed by atoms with van der Waals surface area (Å²) in [6, 6.07) is 15.4. The Bertz CT molecular complexity index is 862. The van der Waals surface area contributed by atoms with Gasteiger partial charge in [-0.15, -0.1) is 0 Å². The number of hydrogen-bond acceptors (Lipinski definition) is 2. The number of rotatable bonds is 4. The SMILES string of the molecule is C[n+]1c2ccccc2c(C(=O)NCCC(=O)O)c2ccccc21. The minimum atomic E-state index is -0.931. The molecule has 2 aromatic carbocycles. The average molecular weight is 309 g/mol. The van der Waals surface area contributed by atoms with Crippen molar-refractivity contribution in [2.45, 2.75) is 6.42 Å². The van der Waals surface area contributed by atoms with E-state index in [2.05, 4.69) is 9.88 Å². The Morgan fingerprint density at radius 3 is 2.04 bits per heavy atom. The molecular formula is C18H17N2O3+. The number of fused-ring (bicyclic) bond motifs is 2. The van der Waals surface area contributed by atoms with Crippen molar-refractivity contribution in [3.8, 4) is 0 Å². The number of amides is 1. The molecule has 1 aromatic heterocycles. The van der Waals surface area contributed by atoms with Gasteiger partial charge in [-0.05, 0) is 12.1 Å². The molecule has 3 rings (SSSR count). The summed E-state index contributed by atoms with van der Waals surface area (Å²) in [5.41, 5.74) is 2.49. The van der Waals surface area contributed by atoms with Gasteiger partial charge >= 0.3 is 5.97 Å². The molecule has 0 atom stereocenters. The molecule has 1 heterocycles. The van der Waals surface area contributed by atoms with Gasteiger partial charge in [0.1, 0.15) is 7.05 Å². The fourth-order valence-electron chi connectivity index (χ4n) is 2.85. The van der Waals surface area contributed by atoms with Crippen molar-refractivity contribution < 1.29 is 19.3 Å². The number of benzene rings is 2. The van der Waals surface area contributed by atoms with E-state index in [1.807, 2.05) is 55.6 Å². The number of carbonyl (C=O) groups is 2. The molecule has 5 nitrogen and oxygen atoms in total. The van der Waals surface area contributed by atoms with Gasteiger partial charge in [0.25, 0.3) is 5.91 Å². The lowest BCUT2D eigenvalue weighted by atomic mass is 10.0. The van der Waals surface area contributed by atoms with Crippen molar-refractivity contribution in [1.82, 2.24) is 5.32 Å². The lowest BCUT2D eigenvalue weighted by Crippen LogP contribution is -2.33. The van der Waals surface area contributed by atoms with Gasteiger partial charge in [-0.2, -0.15) is 4.57 Å². The summed E-state index contributed by atoms with van der Waals surface area (Å²) in [5.74, 6) is -1.18. The standard InChI is InChI=1S/C18H16N2O3/c1-20-14-8-4-2-6-12(14)17(13-7-3-5-9-15(13)20)18(23)19-11-10-16(21)22/h2-9H,10-11H2,1H3,(H-,19,21,22,23)/p+1. The Kier molecular flexibility index (Phi) is 3.93. The number of carbonyl (C=O) groups excluding carboxylic acids is 1. The van der Waals surface area contributed by atoms with E-state index < -0.39 is 5.97 Å². The zero-order valence-electron chi connectivity index (χ0n) is 12.7. The van der Waals surface area contributed by atoms with Crippen LogP contribution in [0, 0.1) is 0 Å². The molecule has 0 radical (unpaired) electrons. The van der Waals surface area contributed by atoms with E-state index in [-0.39, 0.29) is 18.9 Å². The summed E-state index contributed by atoms with van der Waals surface area (Å²) in [7, 11) is 1.97. The minimum Gasteiger partial charge on any atom is -0.481 e. The highest BCUT2D eigenvalue weighted by atomic mass is 16.4. The number of nitrogens with one attached hydrogen (secondary N) is 1. The monoisotopic (exact) mass is 309 g/mol. The maximum absolute atomic E-state index is 12.7. The van der Waals surface area contributed by atoms with Crippen LogP contribution in [0.4, 0.5) is 0 Å². The summed E-state index contributed by atoms with van der Waals surface area (Å²) in [5, 5.41) is 13.1. The fourth-order valence-corrected chi connectivity index (χ4v) is 2.85. The highest BCUT2D eigenvalue weighted by Gasteiger charge is 2.21. The van der Waals surface area contributed by atoms with Gasteiger partial charge in [0.2, 0.25) is 11.0 Å². The molecule has 1 amide bonds. The van der Waals surface area contributed by atoms with E-state index in [4.69, 9.17) is 5.11 Å². The van der Waals surface area contributed by atoms with Gasteiger partial charge in [-0.25, -0.2) is 0 Å². The Morgan fingerprint density at radius 2 is 1.52 bits per heavy atom. The van der Waals surface area contributed by atoms with Gasteiger partial charge < -0.3 is 10.4 Å². The number of carboxylic acids is 1. The number of para-hydroxylation sites is 2. The van der Waals surface area contributed by atoms with Crippen molar-refractivity contribution in [2.75, 3.05) is 6.54 Å². The average Bonchev–Trinajstić information content (AvgIpc) is 2.55. The van der Waals surface area contributed by atoms with Crippen LogP contribution in [-0.2, 0) is 11.8 Å². The molecule has 0 aliphatic rings. The molecule has 0 aliphatic carbocycles. The predicted octanol–water partition coefficient (Wildman–Crippen LogP) is 2.02. The van der Waals surface area contributed by atoms with Crippen molar-refractivity contribution in [3.05, 3.63) is 54.1 Å². The molecule has 2 N–H and O–H groups in total. The molecule has 0 unspecified atom stereocenters. The number of carboxylic acid groups (broad SMARTS) is 1. The number of nitrogens with zero attached hydrogens (tertiary/aromatic N) is 1. The topological polar surface area (TPSA) is 70.3 Å². The first-order valence-corrected chi connectivity index (χ1v) is 7.39. The molecule has 23 heavy (non-hydrogen) atoms. The third kappa shape index (κ3) is 2.73. The number of hydrogen-bond donors (Lipinski definition) is 2. The van der Waals surface area contributed by atoms with Crippen molar-refractivity contribution >= 4 is 33.7 Å². The summed E-state index contributed by atoms with van der Waals surface area (Å²) >= 11 is 0. The maximum Gasteiger partial charge on any atom is 0.305 e. The second-order valence-corrected chi connectivity index (χ2v) is 5.37. The highest BCUT2D eigenvalue weighted by Crippen LogP contribution is 2.24. The first-order valence-electron chi connectivity index (χ1n) is 7.39. The van der Waals surface area contributed by atoms with E-state index in [0.717, 1.165) is 21.8 Å². The lowest BCUT2D eigenvalue weighted by molar-refractivity contribution is -0.617. The zero-order chi connectivity index (χ0) is 16.4. The summed E-state index contributed by atoms with van der Waals surface area (Å²) in [6.45, 7) is 0.109. The molecule has 0 spiro atoms. The molecular weight excluding hydrogens is 292 g/mol. The van der Waals surface area contributed by atoms with Gasteiger partial charge in [-0.3, -0.25) is 9.59 Å². The predicted molar refractivity (Wildman–Crippen MR) is 87.2 cm³/mol. The first-order chi connectivity index (χ1) is 11.1. The summed E-state index contributed by atoms with van der Waals surface area (Å²) in [4.78, 5) is 23.3. The normalized spacial score (nSPS) is 10.8. The van der Waals surface area contributed by atoms with Crippen LogP contribution < -0.4 is 9.88 Å². The fraction of sp³-hybridized carbons (Fsp3) is 0.167. The van der Waals surface area contributed by atoms with E-state index in [1.54, 1.807) is 0 Å². The molecule has 0 saturated heterocycles. The van der Waals surface area contributed by atoms with Crippen LogP contribution in [0.2, 0.25) is 0 Å². The zero-order valence-corrected chi connectivity index (χ0v) is 12.7. The van der Waals surface area contributed by atoms with Crippen LogP contribution in [0.5, 0.6) is 0 Å². The quantitative estimate of drug-likeness (QED) is 0.572. The molecule has 0 fully saturated rings. The van der Waals surface area contributed by atoms with Crippen LogP contribution in [0.15, 0.2) is 48.5 Å². The van der Waals surface area contributed by atoms with Crippen LogP contribution in [0.25, 0.3) is 21.8 Å². The molecule has 5 heteroatoms. The number of pyridine rings is 1. The van der Waals surface area contributed by atoms with E-state index in [1.165, 1.54) is 0 Å². The van der Waals surface area contributed by atoms with Gasteiger partial charge in [0.15, 0.2) is 0 Å². The number of aliphatic carboxylic acids is 1. The second-order valence-electron chi connectivity index (χ2n) is 5.37. The van der Waals surface area contributed by atoms with E-state index >= 15 is 0 Å². The third-order valence-corrected chi connectivity index (χ3v) is 3.92. The van der Waals surface area contributed by atoms with Crippen LogP contribution >= 0.6 is 0 Å². The van der Waals surface area contributed by atoms with Crippen molar-refractivity contribution in [1.29, 1.82) is 0 Å². The largest absolute Gasteiger partial charge is 0.481 e. The van der Waals surface area contributed by atoms with Crippen molar-refractivity contribution in [3.63, 3.8) is 0 Å². The van der Waals surface area contributed by atoms with Gasteiger partial charge in [0, 0.05) is 18.7 Å².